The molecular formula is C10H14N6O. The van der Waals surface area contributed by atoms with E-state index in [2.05, 4.69) is 21.7 Å². The van der Waals surface area contributed by atoms with E-state index in [4.69, 9.17) is 5.26 Å². The van der Waals surface area contributed by atoms with Gasteiger partial charge in [0.1, 0.15) is 6.04 Å². The van der Waals surface area contributed by atoms with E-state index in [0.29, 0.717) is 26.1 Å². The number of aryl methyl sites for hydroxylation is 1. The highest BCUT2D eigenvalue weighted by atomic mass is 16.2. The van der Waals surface area contributed by atoms with E-state index < -0.39 is 0 Å². The Morgan fingerprint density at radius 3 is 3.24 bits per heavy atom. The number of carbonyl (C=O) groups is 1. The highest BCUT2D eigenvalue weighted by molar-refractivity contribution is 5.77. The summed E-state index contributed by atoms with van der Waals surface area (Å²) in [4.78, 5) is 13.6. The summed E-state index contributed by atoms with van der Waals surface area (Å²) in [5.41, 5.74) is 0. The summed E-state index contributed by atoms with van der Waals surface area (Å²) < 4.78 is 1.61. The van der Waals surface area contributed by atoms with Crippen LogP contribution in [0.15, 0.2) is 12.4 Å². The highest BCUT2D eigenvalue weighted by Crippen LogP contribution is 2.05. The maximum atomic E-state index is 11.9. The molecule has 1 atom stereocenters. The zero-order valence-corrected chi connectivity index (χ0v) is 9.41. The number of rotatable bonds is 3. The van der Waals surface area contributed by atoms with Crippen LogP contribution in [0.25, 0.3) is 0 Å². The van der Waals surface area contributed by atoms with Gasteiger partial charge in [-0.1, -0.05) is 5.21 Å². The van der Waals surface area contributed by atoms with E-state index in [1.807, 2.05) is 0 Å². The minimum absolute atomic E-state index is 0.00597. The smallest absolute Gasteiger partial charge is 0.225 e. The number of aromatic nitrogens is 3. The Labute approximate surface area is 99.0 Å². The normalized spacial score (nSPS) is 19.9. The quantitative estimate of drug-likeness (QED) is 0.724. The number of nitriles is 1. The van der Waals surface area contributed by atoms with E-state index in [-0.39, 0.29) is 11.9 Å². The second kappa shape index (κ2) is 5.41. The SMILES string of the molecule is N#CC1CNCCN1C(=O)CCn1ccnn1. The van der Waals surface area contributed by atoms with Crippen molar-refractivity contribution in [2.24, 2.45) is 0 Å². The largest absolute Gasteiger partial charge is 0.324 e. The molecule has 1 aliphatic rings. The minimum Gasteiger partial charge on any atom is -0.324 e. The van der Waals surface area contributed by atoms with E-state index in [1.165, 1.54) is 0 Å². The average Bonchev–Trinajstić information content (AvgIpc) is 2.89. The summed E-state index contributed by atoms with van der Waals surface area (Å²) in [7, 11) is 0. The molecule has 1 N–H and O–H groups in total. The molecule has 1 aromatic rings. The van der Waals surface area contributed by atoms with Crippen LogP contribution in [0.3, 0.4) is 0 Å². The van der Waals surface area contributed by atoms with Crippen molar-refractivity contribution >= 4 is 5.91 Å². The van der Waals surface area contributed by atoms with Crippen molar-refractivity contribution in [3.05, 3.63) is 12.4 Å². The van der Waals surface area contributed by atoms with Gasteiger partial charge in [0, 0.05) is 32.3 Å². The minimum atomic E-state index is -0.355. The summed E-state index contributed by atoms with van der Waals surface area (Å²) in [5.74, 6) is -0.00597. The zero-order valence-electron chi connectivity index (χ0n) is 9.41. The molecule has 0 radical (unpaired) electrons. The Morgan fingerprint density at radius 1 is 1.65 bits per heavy atom. The molecule has 1 aromatic heterocycles. The summed E-state index contributed by atoms with van der Waals surface area (Å²) >= 11 is 0. The van der Waals surface area contributed by atoms with Crippen LogP contribution in [0.1, 0.15) is 6.42 Å². The van der Waals surface area contributed by atoms with Gasteiger partial charge in [0.05, 0.1) is 18.8 Å². The molecule has 90 valence electrons. The van der Waals surface area contributed by atoms with Crippen LogP contribution >= 0.6 is 0 Å². The monoisotopic (exact) mass is 234 g/mol. The standard InChI is InChI=1S/C10H14N6O/c11-7-9-8-12-2-6-16(9)10(17)1-4-15-5-3-13-14-15/h3,5,9,12H,1-2,4,6,8H2. The Bertz CT molecular complexity index is 409. The molecule has 2 heterocycles. The molecule has 1 amide bonds. The van der Waals surface area contributed by atoms with Crippen molar-refractivity contribution in [3.8, 4) is 6.07 Å². The van der Waals surface area contributed by atoms with Crippen LogP contribution < -0.4 is 5.32 Å². The Hall–Kier alpha value is -1.94. The van der Waals surface area contributed by atoms with Gasteiger partial charge in [-0.15, -0.1) is 5.10 Å². The van der Waals surface area contributed by atoms with Crippen LogP contribution in [0, 0.1) is 11.3 Å². The Morgan fingerprint density at radius 2 is 2.53 bits per heavy atom. The predicted molar refractivity (Wildman–Crippen MR) is 58.6 cm³/mol. The average molecular weight is 234 g/mol. The third kappa shape index (κ3) is 2.79. The van der Waals surface area contributed by atoms with Crippen molar-refractivity contribution in [3.63, 3.8) is 0 Å². The maximum absolute atomic E-state index is 11.9. The molecule has 1 aliphatic heterocycles. The first kappa shape index (κ1) is 11.5. The van der Waals surface area contributed by atoms with Gasteiger partial charge in [-0.05, 0) is 0 Å². The third-order valence-electron chi connectivity index (χ3n) is 2.74. The Kier molecular flexibility index (Phi) is 3.67. The van der Waals surface area contributed by atoms with Crippen LogP contribution in [0.5, 0.6) is 0 Å². The first-order valence-corrected chi connectivity index (χ1v) is 5.55. The summed E-state index contributed by atoms with van der Waals surface area (Å²) in [6, 6.07) is 1.78. The number of nitrogens with zero attached hydrogens (tertiary/aromatic N) is 5. The first-order valence-electron chi connectivity index (χ1n) is 5.55. The van der Waals surface area contributed by atoms with Gasteiger partial charge in [-0.25, -0.2) is 0 Å². The number of amides is 1. The molecule has 2 rings (SSSR count). The van der Waals surface area contributed by atoms with E-state index >= 15 is 0 Å². The van der Waals surface area contributed by atoms with Crippen molar-refractivity contribution in [2.45, 2.75) is 19.0 Å². The van der Waals surface area contributed by atoms with Gasteiger partial charge in [0.2, 0.25) is 5.91 Å². The molecule has 7 nitrogen and oxygen atoms in total. The van der Waals surface area contributed by atoms with Crippen molar-refractivity contribution in [1.82, 2.24) is 25.2 Å². The molecule has 0 aliphatic carbocycles. The summed E-state index contributed by atoms with van der Waals surface area (Å²) in [6.45, 7) is 2.38. The molecule has 7 heteroatoms. The van der Waals surface area contributed by atoms with Gasteiger partial charge in [-0.3, -0.25) is 9.48 Å². The number of carbonyl (C=O) groups excluding carboxylic acids is 1. The topological polar surface area (TPSA) is 86.8 Å². The predicted octanol–water partition coefficient (Wildman–Crippen LogP) is -1.01. The van der Waals surface area contributed by atoms with Crippen molar-refractivity contribution < 1.29 is 4.79 Å². The van der Waals surface area contributed by atoms with E-state index in [9.17, 15) is 4.79 Å². The second-order valence-electron chi connectivity index (χ2n) is 3.85. The molecular weight excluding hydrogens is 220 g/mol. The van der Waals surface area contributed by atoms with Crippen LogP contribution in [-0.4, -0.2) is 51.5 Å². The van der Waals surface area contributed by atoms with Crippen LogP contribution in [0.2, 0.25) is 0 Å². The van der Waals surface area contributed by atoms with Gasteiger partial charge in [0.25, 0.3) is 0 Å². The fourth-order valence-corrected chi connectivity index (χ4v) is 1.82. The number of hydrogen-bond acceptors (Lipinski definition) is 5. The lowest BCUT2D eigenvalue weighted by Crippen LogP contribution is -2.53. The Balaban J connectivity index is 1.88. The maximum Gasteiger partial charge on any atom is 0.225 e. The molecule has 1 unspecified atom stereocenters. The fraction of sp³-hybridized carbons (Fsp3) is 0.600. The lowest BCUT2D eigenvalue weighted by atomic mass is 10.2. The molecule has 1 fully saturated rings. The molecule has 0 spiro atoms. The first-order chi connectivity index (χ1) is 8.31. The van der Waals surface area contributed by atoms with E-state index in [1.54, 1.807) is 22.0 Å². The lowest BCUT2D eigenvalue weighted by molar-refractivity contribution is -0.133. The number of hydrogen-bond donors (Lipinski definition) is 1. The number of nitrogens with one attached hydrogen (secondary N) is 1. The van der Waals surface area contributed by atoms with Crippen molar-refractivity contribution in [1.29, 1.82) is 5.26 Å². The molecule has 0 aromatic carbocycles. The molecule has 0 saturated carbocycles. The van der Waals surface area contributed by atoms with Crippen LogP contribution in [-0.2, 0) is 11.3 Å². The summed E-state index contributed by atoms with van der Waals surface area (Å²) in [6.07, 6.45) is 3.64. The third-order valence-corrected chi connectivity index (χ3v) is 2.74. The molecule has 17 heavy (non-hydrogen) atoms. The summed E-state index contributed by atoms with van der Waals surface area (Å²) in [5, 5.41) is 19.5. The fourth-order valence-electron chi connectivity index (χ4n) is 1.82. The van der Waals surface area contributed by atoms with Gasteiger partial charge < -0.3 is 10.2 Å². The zero-order chi connectivity index (χ0) is 12.1. The highest BCUT2D eigenvalue weighted by Gasteiger charge is 2.25. The molecule has 1 saturated heterocycles. The number of piperazine rings is 1. The lowest BCUT2D eigenvalue weighted by Gasteiger charge is -2.32. The van der Waals surface area contributed by atoms with Crippen molar-refractivity contribution in [2.75, 3.05) is 19.6 Å². The second-order valence-corrected chi connectivity index (χ2v) is 3.85. The van der Waals surface area contributed by atoms with Gasteiger partial charge >= 0.3 is 0 Å². The van der Waals surface area contributed by atoms with Gasteiger partial charge in [-0.2, -0.15) is 5.26 Å². The van der Waals surface area contributed by atoms with Crippen LogP contribution in [0.4, 0.5) is 0 Å². The van der Waals surface area contributed by atoms with Gasteiger partial charge in [0.15, 0.2) is 0 Å². The van der Waals surface area contributed by atoms with E-state index in [0.717, 1.165) is 6.54 Å². The molecule has 0 bridgehead atoms.